The Morgan fingerprint density at radius 2 is 1.77 bits per heavy atom. The minimum absolute atomic E-state index is 0.00161. The highest BCUT2D eigenvalue weighted by atomic mass is 19.1. The molecule has 2 N–H and O–H groups in total. The number of benzene rings is 2. The Balaban J connectivity index is 1.57. The van der Waals surface area contributed by atoms with E-state index in [4.69, 9.17) is 10.5 Å². The molecule has 0 bridgehead atoms. The average molecular weight is 428 g/mol. The molecule has 2 aromatic rings. The molecule has 31 heavy (non-hydrogen) atoms. The van der Waals surface area contributed by atoms with Gasteiger partial charge < -0.3 is 15.4 Å². The lowest BCUT2D eigenvalue weighted by atomic mass is 9.87. The minimum atomic E-state index is -0.228. The molecule has 1 aliphatic rings. The van der Waals surface area contributed by atoms with E-state index in [1.54, 1.807) is 0 Å². The third-order valence-corrected chi connectivity index (χ3v) is 5.96. The highest BCUT2D eigenvalue weighted by Gasteiger charge is 2.32. The van der Waals surface area contributed by atoms with Gasteiger partial charge in [0.25, 0.3) is 5.91 Å². The molecular weight excluding hydrogens is 393 g/mol. The molecular formula is C25H34FN3O2. The Bertz CT molecular complexity index is 908. The number of amides is 1. The summed E-state index contributed by atoms with van der Waals surface area (Å²) in [6.45, 7) is 12.6. The van der Waals surface area contributed by atoms with Crippen LogP contribution < -0.4 is 10.5 Å². The van der Waals surface area contributed by atoms with E-state index in [9.17, 15) is 9.18 Å². The van der Waals surface area contributed by atoms with Crippen LogP contribution in [0.4, 0.5) is 10.1 Å². The second-order valence-corrected chi connectivity index (χ2v) is 9.59. The smallest absolute Gasteiger partial charge is 0.260 e. The Hall–Kier alpha value is -2.60. The quantitative estimate of drug-likeness (QED) is 0.727. The lowest BCUT2D eigenvalue weighted by Gasteiger charge is -2.44. The van der Waals surface area contributed by atoms with Crippen LogP contribution in [0.3, 0.4) is 0 Å². The van der Waals surface area contributed by atoms with Gasteiger partial charge in [0.15, 0.2) is 6.61 Å². The SMILES string of the molecule is C[C@@H]1CN(Cc2ccc(F)cc2)[C@@H](C)CN1C(=O)COc1ccc(C(C)(C)C)cc1N. The number of carbonyl (C=O) groups is 1. The topological polar surface area (TPSA) is 58.8 Å². The van der Waals surface area contributed by atoms with Crippen LogP contribution in [-0.2, 0) is 16.8 Å². The first-order valence-electron chi connectivity index (χ1n) is 10.9. The Morgan fingerprint density at radius 3 is 2.39 bits per heavy atom. The molecule has 5 nitrogen and oxygen atoms in total. The highest BCUT2D eigenvalue weighted by molar-refractivity contribution is 5.78. The molecule has 6 heteroatoms. The molecule has 1 saturated heterocycles. The van der Waals surface area contributed by atoms with Gasteiger partial charge >= 0.3 is 0 Å². The summed E-state index contributed by atoms with van der Waals surface area (Å²) in [6, 6.07) is 12.6. The standard InChI is InChI=1S/C25H34FN3O2/c1-17-14-29(18(2)13-28(17)15-19-6-9-21(26)10-7-19)24(30)16-31-23-11-8-20(12-22(23)27)25(3,4)5/h6-12,17-18H,13-16,27H2,1-5H3/t17-,18+/m0/s1. The second kappa shape index (κ2) is 9.27. The van der Waals surface area contributed by atoms with E-state index in [1.165, 1.54) is 12.1 Å². The number of rotatable bonds is 5. The molecule has 1 heterocycles. The molecule has 1 aliphatic heterocycles. The number of hydrogen-bond acceptors (Lipinski definition) is 4. The predicted octanol–water partition coefficient (Wildman–Crippen LogP) is 4.21. The number of carbonyl (C=O) groups excluding carboxylic acids is 1. The fourth-order valence-corrected chi connectivity index (χ4v) is 3.96. The van der Waals surface area contributed by atoms with Crippen LogP contribution in [0, 0.1) is 5.82 Å². The summed E-state index contributed by atoms with van der Waals surface area (Å²) in [5.41, 5.74) is 8.90. The third-order valence-electron chi connectivity index (χ3n) is 5.96. The van der Waals surface area contributed by atoms with Crippen LogP contribution in [0.2, 0.25) is 0 Å². The summed E-state index contributed by atoms with van der Waals surface area (Å²) in [5.74, 6) is 0.270. The third kappa shape index (κ3) is 5.76. The summed E-state index contributed by atoms with van der Waals surface area (Å²) in [6.07, 6.45) is 0. The number of nitrogen functional groups attached to an aromatic ring is 1. The molecule has 2 aromatic carbocycles. The van der Waals surface area contributed by atoms with Crippen LogP contribution in [-0.4, -0.2) is 47.5 Å². The van der Waals surface area contributed by atoms with Crippen molar-refractivity contribution in [2.24, 2.45) is 0 Å². The molecule has 0 aromatic heterocycles. The van der Waals surface area contributed by atoms with Gasteiger partial charge in [0.05, 0.1) is 5.69 Å². The Morgan fingerprint density at radius 1 is 1.10 bits per heavy atom. The zero-order valence-electron chi connectivity index (χ0n) is 19.2. The summed E-state index contributed by atoms with van der Waals surface area (Å²) < 4.78 is 18.9. The van der Waals surface area contributed by atoms with Crippen molar-refractivity contribution in [1.29, 1.82) is 0 Å². The van der Waals surface area contributed by atoms with Crippen molar-refractivity contribution < 1.29 is 13.9 Å². The molecule has 0 unspecified atom stereocenters. The zero-order chi connectivity index (χ0) is 22.8. The minimum Gasteiger partial charge on any atom is -0.482 e. The number of nitrogens with zero attached hydrogens (tertiary/aromatic N) is 2. The Kier molecular flexibility index (Phi) is 6.90. The number of piperazine rings is 1. The van der Waals surface area contributed by atoms with E-state index in [0.29, 0.717) is 18.0 Å². The molecule has 168 valence electrons. The van der Waals surface area contributed by atoms with Crippen molar-refractivity contribution in [3.8, 4) is 5.75 Å². The van der Waals surface area contributed by atoms with Crippen molar-refractivity contribution in [3.05, 3.63) is 59.4 Å². The summed E-state index contributed by atoms with van der Waals surface area (Å²) in [5, 5.41) is 0. The fraction of sp³-hybridized carbons (Fsp3) is 0.480. The first-order chi connectivity index (χ1) is 14.5. The van der Waals surface area contributed by atoms with Crippen LogP contribution in [0.15, 0.2) is 42.5 Å². The van der Waals surface area contributed by atoms with Gasteiger partial charge in [-0.25, -0.2) is 4.39 Å². The van der Waals surface area contributed by atoms with Crippen LogP contribution in [0.5, 0.6) is 5.75 Å². The van der Waals surface area contributed by atoms with Gasteiger partial charge in [0.2, 0.25) is 0 Å². The molecule has 3 rings (SSSR count). The predicted molar refractivity (Wildman–Crippen MR) is 122 cm³/mol. The van der Waals surface area contributed by atoms with E-state index in [2.05, 4.69) is 32.6 Å². The summed E-state index contributed by atoms with van der Waals surface area (Å²) in [4.78, 5) is 17.1. The van der Waals surface area contributed by atoms with Crippen molar-refractivity contribution in [2.45, 2.75) is 58.7 Å². The lowest BCUT2D eigenvalue weighted by molar-refractivity contribution is -0.139. The number of nitrogens with two attached hydrogens (primary N) is 1. The van der Waals surface area contributed by atoms with Gasteiger partial charge in [-0.05, 0) is 54.7 Å². The van der Waals surface area contributed by atoms with Crippen molar-refractivity contribution >= 4 is 11.6 Å². The highest BCUT2D eigenvalue weighted by Crippen LogP contribution is 2.29. The zero-order valence-corrected chi connectivity index (χ0v) is 19.2. The molecule has 0 saturated carbocycles. The fourth-order valence-electron chi connectivity index (χ4n) is 3.96. The van der Waals surface area contributed by atoms with Gasteiger partial charge in [-0.2, -0.15) is 0 Å². The first kappa shape index (κ1) is 23.1. The maximum absolute atomic E-state index is 13.2. The monoisotopic (exact) mass is 427 g/mol. The van der Waals surface area contributed by atoms with Crippen molar-refractivity contribution in [3.63, 3.8) is 0 Å². The molecule has 0 aliphatic carbocycles. The van der Waals surface area contributed by atoms with Gasteiger partial charge in [0.1, 0.15) is 11.6 Å². The van der Waals surface area contributed by atoms with E-state index in [-0.39, 0.29) is 35.8 Å². The van der Waals surface area contributed by atoms with E-state index in [0.717, 1.165) is 24.2 Å². The van der Waals surface area contributed by atoms with E-state index in [1.807, 2.05) is 42.2 Å². The largest absolute Gasteiger partial charge is 0.482 e. The number of hydrogen-bond donors (Lipinski definition) is 1. The lowest BCUT2D eigenvalue weighted by Crippen LogP contribution is -2.58. The van der Waals surface area contributed by atoms with Gasteiger partial charge in [-0.15, -0.1) is 0 Å². The van der Waals surface area contributed by atoms with Gasteiger partial charge in [0, 0.05) is 31.7 Å². The maximum Gasteiger partial charge on any atom is 0.260 e. The molecule has 0 radical (unpaired) electrons. The van der Waals surface area contributed by atoms with Crippen LogP contribution in [0.1, 0.15) is 45.7 Å². The molecule has 1 amide bonds. The summed E-state index contributed by atoms with van der Waals surface area (Å²) >= 11 is 0. The van der Waals surface area contributed by atoms with Crippen LogP contribution >= 0.6 is 0 Å². The van der Waals surface area contributed by atoms with Gasteiger partial charge in [-0.1, -0.05) is 39.0 Å². The molecule has 2 atom stereocenters. The summed E-state index contributed by atoms with van der Waals surface area (Å²) in [7, 11) is 0. The van der Waals surface area contributed by atoms with E-state index < -0.39 is 0 Å². The van der Waals surface area contributed by atoms with Crippen LogP contribution in [0.25, 0.3) is 0 Å². The van der Waals surface area contributed by atoms with Crippen molar-refractivity contribution in [2.75, 3.05) is 25.4 Å². The van der Waals surface area contributed by atoms with Crippen molar-refractivity contribution in [1.82, 2.24) is 9.80 Å². The second-order valence-electron chi connectivity index (χ2n) is 9.59. The Labute approximate surface area is 185 Å². The van der Waals surface area contributed by atoms with Gasteiger partial charge in [-0.3, -0.25) is 9.69 Å². The number of anilines is 1. The van der Waals surface area contributed by atoms with E-state index >= 15 is 0 Å². The average Bonchev–Trinajstić information content (AvgIpc) is 2.70. The molecule has 1 fully saturated rings. The number of halogens is 1. The maximum atomic E-state index is 13.2. The normalized spacial score (nSPS) is 20.0. The number of ether oxygens (including phenoxy) is 1. The molecule has 0 spiro atoms. The first-order valence-corrected chi connectivity index (χ1v) is 10.9.